The van der Waals surface area contributed by atoms with Crippen molar-refractivity contribution < 1.29 is 4.42 Å². The number of benzene rings is 2. The number of thiophene rings is 1. The topological polar surface area (TPSA) is 13.1 Å². The van der Waals surface area contributed by atoms with Crippen molar-refractivity contribution in [2.75, 3.05) is 0 Å². The second-order valence-electron chi connectivity index (χ2n) is 4.29. The lowest BCUT2D eigenvalue weighted by Crippen LogP contribution is -1.73. The zero-order chi connectivity index (χ0) is 11.9. The minimum Gasteiger partial charge on any atom is -0.464 e. The second-order valence-corrected chi connectivity index (χ2v) is 5.37. The molecule has 4 aromatic rings. The third-order valence-electron chi connectivity index (χ3n) is 3.18. The van der Waals surface area contributed by atoms with E-state index in [9.17, 15) is 0 Å². The van der Waals surface area contributed by atoms with Gasteiger partial charge in [-0.2, -0.15) is 0 Å². The van der Waals surface area contributed by atoms with E-state index < -0.39 is 0 Å². The van der Waals surface area contributed by atoms with Crippen molar-refractivity contribution in [2.45, 2.75) is 0 Å². The van der Waals surface area contributed by atoms with Gasteiger partial charge >= 0.3 is 0 Å². The average molecular weight is 250 g/mol. The van der Waals surface area contributed by atoms with Crippen LogP contribution >= 0.6 is 11.3 Å². The molecule has 0 spiro atoms. The molecule has 0 aliphatic rings. The van der Waals surface area contributed by atoms with Crippen LogP contribution in [0.2, 0.25) is 0 Å². The number of rotatable bonds is 1. The highest BCUT2D eigenvalue weighted by atomic mass is 32.1. The van der Waals surface area contributed by atoms with Crippen LogP contribution in [0.3, 0.4) is 0 Å². The maximum Gasteiger partial charge on any atom is 0.133 e. The Hall–Kier alpha value is -2.06. The molecular formula is C16H10OS. The molecule has 0 bridgehead atoms. The van der Waals surface area contributed by atoms with Gasteiger partial charge in [-0.3, -0.25) is 0 Å². The highest BCUT2D eigenvalue weighted by Gasteiger charge is 2.07. The van der Waals surface area contributed by atoms with Crippen LogP contribution in [0.5, 0.6) is 0 Å². The van der Waals surface area contributed by atoms with E-state index in [1.165, 1.54) is 20.2 Å². The first-order valence-corrected chi connectivity index (χ1v) is 6.69. The Morgan fingerprint density at radius 2 is 1.67 bits per heavy atom. The lowest BCUT2D eigenvalue weighted by molar-refractivity contribution is 0.582. The second kappa shape index (κ2) is 3.72. The van der Waals surface area contributed by atoms with E-state index in [2.05, 4.69) is 42.5 Å². The van der Waals surface area contributed by atoms with Gasteiger partial charge in [0.05, 0.1) is 6.26 Å². The third kappa shape index (κ3) is 1.39. The smallest absolute Gasteiger partial charge is 0.133 e. The molecule has 0 saturated carbocycles. The number of furan rings is 1. The van der Waals surface area contributed by atoms with Crippen LogP contribution in [-0.2, 0) is 0 Å². The van der Waals surface area contributed by atoms with E-state index in [4.69, 9.17) is 4.42 Å². The van der Waals surface area contributed by atoms with Crippen molar-refractivity contribution in [1.82, 2.24) is 0 Å². The maximum absolute atomic E-state index is 5.46. The first kappa shape index (κ1) is 9.92. The molecule has 0 aliphatic heterocycles. The number of fused-ring (bicyclic) bond motifs is 3. The molecule has 2 aromatic heterocycles. The van der Waals surface area contributed by atoms with E-state index >= 15 is 0 Å². The number of hydrogen-bond acceptors (Lipinski definition) is 2. The molecule has 1 nitrogen and oxygen atoms in total. The maximum atomic E-state index is 5.46. The average Bonchev–Trinajstić information content (AvgIpc) is 3.05. The predicted octanol–water partition coefficient (Wildman–Crippen LogP) is 5.31. The lowest BCUT2D eigenvalue weighted by atomic mass is 10.1. The van der Waals surface area contributed by atoms with Crippen LogP contribution in [0.15, 0.2) is 65.3 Å². The van der Waals surface area contributed by atoms with Crippen molar-refractivity contribution in [3.63, 3.8) is 0 Å². The zero-order valence-corrected chi connectivity index (χ0v) is 10.4. The van der Waals surface area contributed by atoms with Crippen molar-refractivity contribution in [3.05, 3.63) is 60.9 Å². The number of hydrogen-bond donors (Lipinski definition) is 0. The molecule has 2 heterocycles. The van der Waals surface area contributed by atoms with Crippen LogP contribution in [0, 0.1) is 0 Å². The molecule has 0 aliphatic carbocycles. The summed E-state index contributed by atoms with van der Waals surface area (Å²) in [5, 5.41) is 2.63. The van der Waals surface area contributed by atoms with Crippen molar-refractivity contribution in [1.29, 1.82) is 0 Å². The molecule has 86 valence electrons. The van der Waals surface area contributed by atoms with Crippen molar-refractivity contribution >= 4 is 31.5 Å². The van der Waals surface area contributed by atoms with Gasteiger partial charge in [-0.1, -0.05) is 18.2 Å². The molecule has 4 rings (SSSR count). The molecule has 18 heavy (non-hydrogen) atoms. The summed E-state index contributed by atoms with van der Waals surface area (Å²) in [6, 6.07) is 19.0. The van der Waals surface area contributed by atoms with E-state index in [-0.39, 0.29) is 0 Å². The van der Waals surface area contributed by atoms with Gasteiger partial charge in [0.15, 0.2) is 0 Å². The van der Waals surface area contributed by atoms with Gasteiger partial charge in [0.1, 0.15) is 5.76 Å². The largest absolute Gasteiger partial charge is 0.464 e. The van der Waals surface area contributed by atoms with Gasteiger partial charge in [0, 0.05) is 25.7 Å². The van der Waals surface area contributed by atoms with Crippen LogP contribution in [0.1, 0.15) is 0 Å². The molecule has 0 N–H and O–H groups in total. The van der Waals surface area contributed by atoms with Crippen molar-refractivity contribution in [3.8, 4) is 11.3 Å². The normalized spacial score (nSPS) is 11.3. The standard InChI is InChI=1S/C16H10OS/c1-2-6-15-12(4-1)13-10-11(7-8-16(13)18-15)14-5-3-9-17-14/h1-10H. The van der Waals surface area contributed by atoms with E-state index in [0.29, 0.717) is 0 Å². The molecule has 0 saturated heterocycles. The van der Waals surface area contributed by atoms with Crippen molar-refractivity contribution in [2.24, 2.45) is 0 Å². The third-order valence-corrected chi connectivity index (χ3v) is 4.33. The predicted molar refractivity (Wildman–Crippen MR) is 77.0 cm³/mol. The van der Waals surface area contributed by atoms with E-state index in [1.807, 2.05) is 23.5 Å². The first-order valence-electron chi connectivity index (χ1n) is 5.87. The molecule has 0 radical (unpaired) electrons. The lowest BCUT2D eigenvalue weighted by Gasteiger charge is -1.97. The highest BCUT2D eigenvalue weighted by molar-refractivity contribution is 7.25. The van der Waals surface area contributed by atoms with Gasteiger partial charge in [-0.05, 0) is 36.4 Å². The summed E-state index contributed by atoms with van der Waals surface area (Å²) in [6.45, 7) is 0. The summed E-state index contributed by atoms with van der Waals surface area (Å²) in [5.74, 6) is 0.923. The van der Waals surface area contributed by atoms with Gasteiger partial charge in [-0.15, -0.1) is 11.3 Å². The quantitative estimate of drug-likeness (QED) is 0.446. The van der Waals surface area contributed by atoms with Gasteiger partial charge in [-0.25, -0.2) is 0 Å². The monoisotopic (exact) mass is 250 g/mol. The Morgan fingerprint density at radius 1 is 0.778 bits per heavy atom. The molecular weight excluding hydrogens is 240 g/mol. The fraction of sp³-hybridized carbons (Fsp3) is 0. The SMILES string of the molecule is c1coc(-c2ccc3sc4ccccc4c3c2)c1. The molecule has 0 atom stereocenters. The van der Waals surface area contributed by atoms with E-state index in [1.54, 1.807) is 6.26 Å². The Labute approximate surface area is 108 Å². The summed E-state index contributed by atoms with van der Waals surface area (Å²) < 4.78 is 8.12. The van der Waals surface area contributed by atoms with Gasteiger partial charge in [0.2, 0.25) is 0 Å². The molecule has 0 amide bonds. The summed E-state index contributed by atoms with van der Waals surface area (Å²) in [5.41, 5.74) is 1.14. The zero-order valence-electron chi connectivity index (χ0n) is 9.59. The van der Waals surface area contributed by atoms with Gasteiger partial charge in [0.25, 0.3) is 0 Å². The Balaban J connectivity index is 2.07. The van der Waals surface area contributed by atoms with E-state index in [0.717, 1.165) is 11.3 Å². The molecule has 2 aromatic carbocycles. The minimum atomic E-state index is 0.923. The Morgan fingerprint density at radius 3 is 2.56 bits per heavy atom. The summed E-state index contributed by atoms with van der Waals surface area (Å²) in [7, 11) is 0. The molecule has 0 fully saturated rings. The minimum absolute atomic E-state index is 0.923. The Bertz CT molecular complexity index is 825. The highest BCUT2D eigenvalue weighted by Crippen LogP contribution is 2.36. The summed E-state index contributed by atoms with van der Waals surface area (Å²) in [6.07, 6.45) is 1.71. The molecule has 2 heteroatoms. The van der Waals surface area contributed by atoms with Crippen LogP contribution in [0.25, 0.3) is 31.5 Å². The first-order chi connectivity index (χ1) is 8.92. The fourth-order valence-corrected chi connectivity index (χ4v) is 3.41. The van der Waals surface area contributed by atoms with Gasteiger partial charge < -0.3 is 4.42 Å². The van der Waals surface area contributed by atoms with Crippen LogP contribution in [-0.4, -0.2) is 0 Å². The van der Waals surface area contributed by atoms with Crippen LogP contribution in [0.4, 0.5) is 0 Å². The Kier molecular flexibility index (Phi) is 2.05. The summed E-state index contributed by atoms with van der Waals surface area (Å²) in [4.78, 5) is 0. The summed E-state index contributed by atoms with van der Waals surface area (Å²) >= 11 is 1.84. The van der Waals surface area contributed by atoms with Crippen LogP contribution < -0.4 is 0 Å². The molecule has 0 unspecified atom stereocenters. The fourth-order valence-electron chi connectivity index (χ4n) is 2.32.